The third-order valence-corrected chi connectivity index (χ3v) is 4.02. The second kappa shape index (κ2) is 7.58. The van der Waals surface area contributed by atoms with E-state index < -0.39 is 0 Å². The van der Waals surface area contributed by atoms with Crippen molar-refractivity contribution < 1.29 is 14.2 Å². The Morgan fingerprint density at radius 2 is 1.50 bits per heavy atom. The molecule has 2 aromatic carbocycles. The largest absolute Gasteiger partial charge is 0.493 e. The van der Waals surface area contributed by atoms with Gasteiger partial charge in [-0.05, 0) is 17.0 Å². The zero-order valence-corrected chi connectivity index (χ0v) is 15.1. The second-order valence-electron chi connectivity index (χ2n) is 6.86. The van der Waals surface area contributed by atoms with Gasteiger partial charge >= 0.3 is 0 Å². The van der Waals surface area contributed by atoms with Gasteiger partial charge in [0.25, 0.3) is 0 Å². The van der Waals surface area contributed by atoms with E-state index in [2.05, 4.69) is 20.8 Å². The standard InChI is InChI=1S/C20H27NO3/c1-20(2,3)19(21)15-11-17(22-4)18(23-5)12-16(15)24-13-14-9-7-6-8-10-14/h6-12,19H,13,21H2,1-5H3/t19-/m0/s1. The monoisotopic (exact) mass is 329 g/mol. The lowest BCUT2D eigenvalue weighted by Crippen LogP contribution is -2.27. The van der Waals surface area contributed by atoms with Crippen molar-refractivity contribution in [1.29, 1.82) is 0 Å². The van der Waals surface area contributed by atoms with E-state index in [1.807, 2.05) is 42.5 Å². The minimum atomic E-state index is -0.192. The van der Waals surface area contributed by atoms with E-state index in [1.54, 1.807) is 14.2 Å². The summed E-state index contributed by atoms with van der Waals surface area (Å²) >= 11 is 0. The summed E-state index contributed by atoms with van der Waals surface area (Å²) in [4.78, 5) is 0. The molecule has 0 aliphatic carbocycles. The third kappa shape index (κ3) is 4.20. The Bertz CT molecular complexity index is 663. The molecule has 2 aromatic rings. The molecule has 0 amide bonds. The van der Waals surface area contributed by atoms with Crippen LogP contribution in [0.3, 0.4) is 0 Å². The normalized spacial score (nSPS) is 12.6. The summed E-state index contributed by atoms with van der Waals surface area (Å²) in [5.41, 5.74) is 8.39. The molecular formula is C20H27NO3. The summed E-state index contributed by atoms with van der Waals surface area (Å²) in [6.45, 7) is 6.79. The number of ether oxygens (including phenoxy) is 3. The highest BCUT2D eigenvalue weighted by molar-refractivity contribution is 5.52. The van der Waals surface area contributed by atoms with Crippen LogP contribution in [0, 0.1) is 5.41 Å². The lowest BCUT2D eigenvalue weighted by Gasteiger charge is -2.29. The van der Waals surface area contributed by atoms with E-state index in [1.165, 1.54) is 0 Å². The number of rotatable bonds is 6. The van der Waals surface area contributed by atoms with Gasteiger partial charge in [0.1, 0.15) is 12.4 Å². The summed E-state index contributed by atoms with van der Waals surface area (Å²) in [6.07, 6.45) is 0. The average Bonchev–Trinajstić information content (AvgIpc) is 2.58. The lowest BCUT2D eigenvalue weighted by molar-refractivity contribution is 0.275. The van der Waals surface area contributed by atoms with Gasteiger partial charge < -0.3 is 19.9 Å². The van der Waals surface area contributed by atoms with Gasteiger partial charge in [-0.25, -0.2) is 0 Å². The van der Waals surface area contributed by atoms with E-state index in [-0.39, 0.29) is 11.5 Å². The van der Waals surface area contributed by atoms with Gasteiger partial charge in [0.2, 0.25) is 0 Å². The summed E-state index contributed by atoms with van der Waals surface area (Å²) in [5, 5.41) is 0. The predicted molar refractivity (Wildman–Crippen MR) is 96.7 cm³/mol. The van der Waals surface area contributed by atoms with Crippen LogP contribution >= 0.6 is 0 Å². The van der Waals surface area contributed by atoms with Crippen molar-refractivity contribution in [2.75, 3.05) is 14.2 Å². The molecule has 0 radical (unpaired) electrons. The molecule has 0 bridgehead atoms. The number of hydrogen-bond acceptors (Lipinski definition) is 4. The van der Waals surface area contributed by atoms with Crippen LogP contribution in [-0.2, 0) is 6.61 Å². The van der Waals surface area contributed by atoms with Gasteiger partial charge in [0.15, 0.2) is 11.5 Å². The maximum atomic E-state index is 6.48. The quantitative estimate of drug-likeness (QED) is 0.857. The van der Waals surface area contributed by atoms with Crippen LogP contribution in [0.2, 0.25) is 0 Å². The van der Waals surface area contributed by atoms with E-state index >= 15 is 0 Å². The Morgan fingerprint density at radius 1 is 0.917 bits per heavy atom. The summed E-state index contributed by atoms with van der Waals surface area (Å²) in [7, 11) is 3.23. The molecular weight excluding hydrogens is 302 g/mol. The fourth-order valence-corrected chi connectivity index (χ4v) is 2.45. The zero-order chi connectivity index (χ0) is 17.7. The first-order valence-corrected chi connectivity index (χ1v) is 8.05. The maximum Gasteiger partial charge on any atom is 0.164 e. The molecule has 0 fully saturated rings. The molecule has 2 rings (SSSR count). The Hall–Kier alpha value is -2.20. The molecule has 0 aromatic heterocycles. The second-order valence-corrected chi connectivity index (χ2v) is 6.86. The van der Waals surface area contributed by atoms with Gasteiger partial charge in [-0.1, -0.05) is 51.1 Å². The smallest absolute Gasteiger partial charge is 0.164 e. The first-order valence-electron chi connectivity index (χ1n) is 8.05. The number of benzene rings is 2. The molecule has 4 nitrogen and oxygen atoms in total. The van der Waals surface area contributed by atoms with Gasteiger partial charge in [-0.15, -0.1) is 0 Å². The molecule has 2 N–H and O–H groups in total. The van der Waals surface area contributed by atoms with Crippen LogP contribution in [-0.4, -0.2) is 14.2 Å². The van der Waals surface area contributed by atoms with Crippen molar-refractivity contribution in [3.05, 3.63) is 53.6 Å². The Labute approximate surface area is 144 Å². The summed E-state index contributed by atoms with van der Waals surface area (Å²) in [6, 6.07) is 13.6. The molecule has 24 heavy (non-hydrogen) atoms. The first-order chi connectivity index (χ1) is 11.4. The highest BCUT2D eigenvalue weighted by Gasteiger charge is 2.27. The van der Waals surface area contributed by atoms with Crippen molar-refractivity contribution >= 4 is 0 Å². The van der Waals surface area contributed by atoms with E-state index in [0.29, 0.717) is 18.1 Å². The molecule has 0 saturated heterocycles. The van der Waals surface area contributed by atoms with Crippen LogP contribution in [0.1, 0.15) is 37.9 Å². The van der Waals surface area contributed by atoms with E-state index in [4.69, 9.17) is 19.9 Å². The van der Waals surface area contributed by atoms with Gasteiger partial charge in [-0.2, -0.15) is 0 Å². The van der Waals surface area contributed by atoms with Crippen LogP contribution in [0.15, 0.2) is 42.5 Å². The average molecular weight is 329 g/mol. The highest BCUT2D eigenvalue weighted by atomic mass is 16.5. The Morgan fingerprint density at radius 3 is 2.04 bits per heavy atom. The lowest BCUT2D eigenvalue weighted by atomic mass is 9.82. The molecule has 1 atom stereocenters. The van der Waals surface area contributed by atoms with Crippen LogP contribution in [0.5, 0.6) is 17.2 Å². The van der Waals surface area contributed by atoms with Gasteiger partial charge in [-0.3, -0.25) is 0 Å². The van der Waals surface area contributed by atoms with Gasteiger partial charge in [0.05, 0.1) is 14.2 Å². The predicted octanol–water partition coefficient (Wildman–Crippen LogP) is 4.33. The molecule has 0 aliphatic heterocycles. The molecule has 0 heterocycles. The highest BCUT2D eigenvalue weighted by Crippen LogP contribution is 2.42. The SMILES string of the molecule is COc1cc(OCc2ccccc2)c([C@H](N)C(C)(C)C)cc1OC. The van der Waals surface area contributed by atoms with Crippen molar-refractivity contribution in [1.82, 2.24) is 0 Å². The molecule has 4 heteroatoms. The van der Waals surface area contributed by atoms with Crippen molar-refractivity contribution in [2.45, 2.75) is 33.4 Å². The van der Waals surface area contributed by atoms with Crippen LogP contribution in [0.25, 0.3) is 0 Å². The van der Waals surface area contributed by atoms with E-state index in [0.717, 1.165) is 16.9 Å². The topological polar surface area (TPSA) is 53.7 Å². The molecule has 130 valence electrons. The summed E-state index contributed by atoms with van der Waals surface area (Å²) < 4.78 is 16.9. The number of nitrogens with two attached hydrogens (primary N) is 1. The molecule has 0 saturated carbocycles. The minimum Gasteiger partial charge on any atom is -0.493 e. The maximum absolute atomic E-state index is 6.48. The molecule has 0 aliphatic rings. The van der Waals surface area contributed by atoms with Crippen molar-refractivity contribution in [3.63, 3.8) is 0 Å². The fraction of sp³-hybridized carbons (Fsp3) is 0.400. The van der Waals surface area contributed by atoms with Gasteiger partial charge in [0, 0.05) is 17.7 Å². The number of methoxy groups -OCH3 is 2. The molecule has 0 spiro atoms. The third-order valence-electron chi connectivity index (χ3n) is 4.02. The molecule has 0 unspecified atom stereocenters. The number of hydrogen-bond donors (Lipinski definition) is 1. The Balaban J connectivity index is 2.39. The zero-order valence-electron chi connectivity index (χ0n) is 15.1. The minimum absolute atomic E-state index is 0.107. The Kier molecular flexibility index (Phi) is 5.73. The van der Waals surface area contributed by atoms with Crippen LogP contribution < -0.4 is 19.9 Å². The van der Waals surface area contributed by atoms with Crippen LogP contribution in [0.4, 0.5) is 0 Å². The summed E-state index contributed by atoms with van der Waals surface area (Å²) in [5.74, 6) is 2.00. The van der Waals surface area contributed by atoms with E-state index in [9.17, 15) is 0 Å². The first kappa shape index (κ1) is 18.1. The van der Waals surface area contributed by atoms with Crippen molar-refractivity contribution in [3.8, 4) is 17.2 Å². The fourth-order valence-electron chi connectivity index (χ4n) is 2.45. The van der Waals surface area contributed by atoms with Crippen molar-refractivity contribution in [2.24, 2.45) is 11.1 Å².